The fourth-order valence-electron chi connectivity index (χ4n) is 2.58. The molecule has 146 valence electrons. The first-order valence-electron chi connectivity index (χ1n) is 8.44. The Morgan fingerprint density at radius 3 is 1.96 bits per heavy atom. The Hall–Kier alpha value is -2.54. The summed E-state index contributed by atoms with van der Waals surface area (Å²) in [6, 6.07) is 12.0. The van der Waals surface area contributed by atoms with Gasteiger partial charge in [0.1, 0.15) is 11.8 Å². The summed E-state index contributed by atoms with van der Waals surface area (Å²) in [5.41, 5.74) is 2.32. The lowest BCUT2D eigenvalue weighted by Crippen LogP contribution is -2.30. The van der Waals surface area contributed by atoms with Crippen LogP contribution in [0.2, 0.25) is 0 Å². The smallest absolute Gasteiger partial charge is 0.406 e. The Balaban J connectivity index is 2.09. The molecule has 0 heterocycles. The first-order chi connectivity index (χ1) is 12.5. The summed E-state index contributed by atoms with van der Waals surface area (Å²) in [6.07, 6.45) is -4.75. The molecule has 2 rings (SSSR count). The highest BCUT2D eigenvalue weighted by molar-refractivity contribution is 5.95. The summed E-state index contributed by atoms with van der Waals surface area (Å²) in [7, 11) is 1.60. The van der Waals surface area contributed by atoms with Crippen LogP contribution in [0.25, 0.3) is 0 Å². The summed E-state index contributed by atoms with van der Waals surface area (Å²) in [5.74, 6) is -0.648. The maximum absolute atomic E-state index is 12.6. The SMILES string of the molecule is CN[C@H](C(=O)Nc1ccc(C(C)(C)C)cc1)c1ccc(OC(F)(F)F)cc1. The molecule has 0 aliphatic carbocycles. The lowest BCUT2D eigenvalue weighted by molar-refractivity contribution is -0.274. The van der Waals surface area contributed by atoms with Crippen LogP contribution in [0.1, 0.15) is 37.9 Å². The summed E-state index contributed by atoms with van der Waals surface area (Å²) in [4.78, 5) is 12.6. The van der Waals surface area contributed by atoms with Gasteiger partial charge < -0.3 is 15.4 Å². The zero-order valence-corrected chi connectivity index (χ0v) is 15.6. The minimum atomic E-state index is -4.75. The molecule has 2 N–H and O–H groups in total. The van der Waals surface area contributed by atoms with Crippen molar-refractivity contribution in [2.45, 2.75) is 38.6 Å². The average molecular weight is 380 g/mol. The highest BCUT2D eigenvalue weighted by Gasteiger charge is 2.31. The lowest BCUT2D eigenvalue weighted by Gasteiger charge is -2.20. The van der Waals surface area contributed by atoms with Crippen molar-refractivity contribution in [1.29, 1.82) is 0 Å². The molecule has 0 saturated carbocycles. The molecule has 1 atom stereocenters. The second-order valence-corrected chi connectivity index (χ2v) is 7.16. The van der Waals surface area contributed by atoms with E-state index in [4.69, 9.17) is 0 Å². The largest absolute Gasteiger partial charge is 0.573 e. The Labute approximate surface area is 156 Å². The molecular formula is C20H23F3N2O2. The van der Waals surface area contributed by atoms with Crippen molar-refractivity contribution in [2.75, 3.05) is 12.4 Å². The van der Waals surface area contributed by atoms with Crippen molar-refractivity contribution < 1.29 is 22.7 Å². The number of nitrogens with one attached hydrogen (secondary N) is 2. The maximum Gasteiger partial charge on any atom is 0.573 e. The molecule has 2 aromatic carbocycles. The molecule has 0 radical (unpaired) electrons. The minimum Gasteiger partial charge on any atom is -0.406 e. The van der Waals surface area contributed by atoms with Crippen molar-refractivity contribution in [3.8, 4) is 5.75 Å². The molecule has 0 aromatic heterocycles. The molecule has 4 nitrogen and oxygen atoms in total. The fourth-order valence-corrected chi connectivity index (χ4v) is 2.58. The van der Waals surface area contributed by atoms with E-state index in [0.717, 1.165) is 5.56 Å². The predicted molar refractivity (Wildman–Crippen MR) is 98.7 cm³/mol. The van der Waals surface area contributed by atoms with Crippen LogP contribution in [0, 0.1) is 0 Å². The van der Waals surface area contributed by atoms with Gasteiger partial charge in [0.2, 0.25) is 5.91 Å². The first kappa shape index (κ1) is 20.8. The van der Waals surface area contributed by atoms with Gasteiger partial charge >= 0.3 is 6.36 Å². The van der Waals surface area contributed by atoms with E-state index >= 15 is 0 Å². The summed E-state index contributed by atoms with van der Waals surface area (Å²) in [6.45, 7) is 6.30. The van der Waals surface area contributed by atoms with Crippen molar-refractivity contribution >= 4 is 11.6 Å². The zero-order chi connectivity index (χ0) is 20.2. The van der Waals surface area contributed by atoms with E-state index in [1.807, 2.05) is 24.3 Å². The molecule has 7 heteroatoms. The number of halogens is 3. The van der Waals surface area contributed by atoms with Crippen LogP contribution in [-0.4, -0.2) is 19.3 Å². The van der Waals surface area contributed by atoms with Gasteiger partial charge in [0, 0.05) is 5.69 Å². The number of anilines is 1. The van der Waals surface area contributed by atoms with Gasteiger partial charge in [-0.3, -0.25) is 4.79 Å². The normalized spacial score (nSPS) is 13.1. The average Bonchev–Trinajstić information content (AvgIpc) is 2.55. The Kier molecular flexibility index (Phi) is 6.15. The molecule has 0 bridgehead atoms. The quantitative estimate of drug-likeness (QED) is 0.785. The summed E-state index contributed by atoms with van der Waals surface area (Å²) in [5, 5.41) is 5.68. The number of hydrogen-bond donors (Lipinski definition) is 2. The second kappa shape index (κ2) is 8.00. The van der Waals surface area contributed by atoms with Crippen LogP contribution in [0.4, 0.5) is 18.9 Å². The number of likely N-dealkylation sites (N-methyl/N-ethyl adjacent to an activating group) is 1. The van der Waals surface area contributed by atoms with Crippen LogP contribution in [0.5, 0.6) is 5.75 Å². The third-order valence-corrected chi connectivity index (χ3v) is 4.02. The van der Waals surface area contributed by atoms with E-state index in [1.165, 1.54) is 24.3 Å². The van der Waals surface area contributed by atoms with E-state index in [2.05, 4.69) is 36.1 Å². The standard InChI is InChI=1S/C20H23F3N2O2/c1-19(2,3)14-7-9-15(10-8-14)25-18(26)17(24-4)13-5-11-16(12-6-13)27-20(21,22)23/h5-12,17,24H,1-4H3,(H,25,26)/t17-/m0/s1. The molecule has 0 saturated heterocycles. The molecule has 0 spiro atoms. The molecule has 0 unspecified atom stereocenters. The first-order valence-corrected chi connectivity index (χ1v) is 8.44. The van der Waals surface area contributed by atoms with Crippen LogP contribution in [0.3, 0.4) is 0 Å². The van der Waals surface area contributed by atoms with Gasteiger partial charge in [0.15, 0.2) is 0 Å². The Morgan fingerprint density at radius 2 is 1.52 bits per heavy atom. The van der Waals surface area contributed by atoms with Gasteiger partial charge in [-0.25, -0.2) is 0 Å². The molecule has 27 heavy (non-hydrogen) atoms. The monoisotopic (exact) mass is 380 g/mol. The number of carbonyl (C=O) groups excluding carboxylic acids is 1. The molecule has 0 aliphatic rings. The number of carbonyl (C=O) groups is 1. The minimum absolute atomic E-state index is 0.0102. The van der Waals surface area contributed by atoms with Crippen molar-refractivity contribution in [3.05, 3.63) is 59.7 Å². The van der Waals surface area contributed by atoms with Crippen molar-refractivity contribution in [3.63, 3.8) is 0 Å². The Morgan fingerprint density at radius 1 is 0.963 bits per heavy atom. The third-order valence-electron chi connectivity index (χ3n) is 4.02. The fraction of sp³-hybridized carbons (Fsp3) is 0.350. The van der Waals surface area contributed by atoms with Gasteiger partial charge in [-0.05, 0) is 47.9 Å². The van der Waals surface area contributed by atoms with Crippen LogP contribution >= 0.6 is 0 Å². The zero-order valence-electron chi connectivity index (χ0n) is 15.6. The van der Waals surface area contributed by atoms with E-state index in [-0.39, 0.29) is 17.1 Å². The summed E-state index contributed by atoms with van der Waals surface area (Å²) >= 11 is 0. The highest BCUT2D eigenvalue weighted by atomic mass is 19.4. The van der Waals surface area contributed by atoms with E-state index in [1.54, 1.807) is 7.05 Å². The molecule has 1 amide bonds. The van der Waals surface area contributed by atoms with Gasteiger partial charge in [0.05, 0.1) is 0 Å². The number of alkyl halides is 3. The molecule has 0 fully saturated rings. The number of ether oxygens (including phenoxy) is 1. The van der Waals surface area contributed by atoms with Crippen molar-refractivity contribution in [1.82, 2.24) is 5.32 Å². The van der Waals surface area contributed by atoms with Gasteiger partial charge in [0.25, 0.3) is 0 Å². The van der Waals surface area contributed by atoms with Gasteiger partial charge in [-0.1, -0.05) is 45.0 Å². The van der Waals surface area contributed by atoms with Crippen LogP contribution in [-0.2, 0) is 10.2 Å². The second-order valence-electron chi connectivity index (χ2n) is 7.16. The van der Waals surface area contributed by atoms with E-state index in [9.17, 15) is 18.0 Å². The third kappa shape index (κ3) is 5.99. The summed E-state index contributed by atoms with van der Waals surface area (Å²) < 4.78 is 40.6. The van der Waals surface area contributed by atoms with Crippen LogP contribution < -0.4 is 15.4 Å². The Bertz CT molecular complexity index is 764. The molecule has 2 aromatic rings. The van der Waals surface area contributed by atoms with Crippen molar-refractivity contribution in [2.24, 2.45) is 0 Å². The van der Waals surface area contributed by atoms with E-state index in [0.29, 0.717) is 11.3 Å². The number of hydrogen-bond acceptors (Lipinski definition) is 3. The number of rotatable bonds is 5. The molecule has 0 aliphatic heterocycles. The highest BCUT2D eigenvalue weighted by Crippen LogP contribution is 2.26. The maximum atomic E-state index is 12.6. The molecular weight excluding hydrogens is 357 g/mol. The van der Waals surface area contributed by atoms with Gasteiger partial charge in [-0.15, -0.1) is 13.2 Å². The number of amides is 1. The lowest BCUT2D eigenvalue weighted by atomic mass is 9.87. The van der Waals surface area contributed by atoms with Gasteiger partial charge in [-0.2, -0.15) is 0 Å². The van der Waals surface area contributed by atoms with Crippen LogP contribution in [0.15, 0.2) is 48.5 Å². The topological polar surface area (TPSA) is 50.4 Å². The predicted octanol–water partition coefficient (Wildman–Crippen LogP) is 4.78. The van der Waals surface area contributed by atoms with E-state index < -0.39 is 12.4 Å². The number of benzene rings is 2.